The van der Waals surface area contributed by atoms with Crippen LogP contribution < -0.4 is 0 Å². The lowest BCUT2D eigenvalue weighted by Gasteiger charge is -2.35. The van der Waals surface area contributed by atoms with Crippen molar-refractivity contribution in [2.45, 2.75) is 57.8 Å². The van der Waals surface area contributed by atoms with Crippen LogP contribution in [-0.4, -0.2) is 49.7 Å². The minimum atomic E-state index is -0.199. The van der Waals surface area contributed by atoms with Crippen molar-refractivity contribution in [1.82, 2.24) is 0 Å². The Morgan fingerprint density at radius 3 is 2.35 bits per heavy atom. The molecule has 1 saturated heterocycles. The van der Waals surface area contributed by atoms with Gasteiger partial charge in [-0.3, -0.25) is 0 Å². The normalized spacial score (nSPS) is 28.8. The van der Waals surface area contributed by atoms with E-state index in [-0.39, 0.29) is 5.79 Å². The summed E-state index contributed by atoms with van der Waals surface area (Å²) in [6, 6.07) is 0. The van der Waals surface area contributed by atoms with Gasteiger partial charge in [-0.25, -0.2) is 0 Å². The largest absolute Gasteiger partial charge is 0.347 e. The molecule has 3 nitrogen and oxygen atoms in total. The lowest BCUT2D eigenvalue weighted by atomic mass is 9.94. The van der Waals surface area contributed by atoms with Crippen LogP contribution >= 0.6 is 0 Å². The Bertz CT molecular complexity index is 245. The molecule has 1 aliphatic carbocycles. The summed E-state index contributed by atoms with van der Waals surface area (Å²) >= 11 is 0. The summed E-state index contributed by atoms with van der Waals surface area (Å²) in [5, 5.41) is 0. The molecule has 1 saturated carbocycles. The molecule has 0 aromatic heterocycles. The third kappa shape index (κ3) is 3.01. The first-order valence-electron chi connectivity index (χ1n) is 7.27. The minimum Gasteiger partial charge on any atom is -0.347 e. The summed E-state index contributed by atoms with van der Waals surface area (Å²) in [6.45, 7) is 8.75. The fourth-order valence-electron chi connectivity index (χ4n) is 3.03. The van der Waals surface area contributed by atoms with E-state index in [1.54, 1.807) is 0 Å². The van der Waals surface area contributed by atoms with Gasteiger partial charge in [-0.05, 0) is 26.7 Å². The standard InChI is InChI=1S/C14H28NO2/c1-4-15(3,5-2)11-13-12-16-14(17-13)9-7-6-8-10-14/h13H,4-12H2,1-3H3/q+1. The van der Waals surface area contributed by atoms with E-state index in [4.69, 9.17) is 9.47 Å². The number of rotatable bonds is 4. The second-order valence-electron chi connectivity index (χ2n) is 5.96. The molecule has 3 heteroatoms. The van der Waals surface area contributed by atoms with E-state index in [1.165, 1.54) is 32.4 Å². The Balaban J connectivity index is 1.89. The highest BCUT2D eigenvalue weighted by atomic mass is 16.7. The molecule has 0 amide bonds. The monoisotopic (exact) mass is 242 g/mol. The lowest BCUT2D eigenvalue weighted by molar-refractivity contribution is -0.908. The quantitative estimate of drug-likeness (QED) is 0.705. The summed E-state index contributed by atoms with van der Waals surface area (Å²) < 4.78 is 13.3. The van der Waals surface area contributed by atoms with Crippen LogP contribution in [0.2, 0.25) is 0 Å². The minimum absolute atomic E-state index is 0.199. The topological polar surface area (TPSA) is 18.5 Å². The Kier molecular flexibility index (Phi) is 4.11. The zero-order valence-corrected chi connectivity index (χ0v) is 11.7. The molecule has 1 atom stereocenters. The number of likely N-dealkylation sites (N-methyl/N-ethyl adjacent to an activating group) is 1. The average Bonchev–Trinajstić information content (AvgIpc) is 2.72. The predicted molar refractivity (Wildman–Crippen MR) is 68.8 cm³/mol. The molecule has 1 unspecified atom stereocenters. The SMILES string of the molecule is CC[N+](C)(CC)CC1COC2(CCCCC2)O1. The van der Waals surface area contributed by atoms with Gasteiger partial charge in [-0.1, -0.05) is 6.42 Å². The zero-order chi connectivity index (χ0) is 12.4. The van der Waals surface area contributed by atoms with Crippen LogP contribution in [0.1, 0.15) is 46.0 Å². The smallest absolute Gasteiger partial charge is 0.169 e. The highest BCUT2D eigenvalue weighted by Crippen LogP contribution is 2.38. The first-order valence-corrected chi connectivity index (χ1v) is 7.27. The van der Waals surface area contributed by atoms with Gasteiger partial charge in [0.25, 0.3) is 0 Å². The van der Waals surface area contributed by atoms with Gasteiger partial charge in [0.2, 0.25) is 0 Å². The second kappa shape index (κ2) is 5.25. The Hall–Kier alpha value is -0.120. The van der Waals surface area contributed by atoms with Crippen molar-refractivity contribution in [3.05, 3.63) is 0 Å². The third-order valence-corrected chi connectivity index (χ3v) is 4.70. The maximum Gasteiger partial charge on any atom is 0.169 e. The van der Waals surface area contributed by atoms with Gasteiger partial charge in [-0.2, -0.15) is 0 Å². The number of hydrogen-bond acceptors (Lipinski definition) is 2. The average molecular weight is 242 g/mol. The third-order valence-electron chi connectivity index (χ3n) is 4.70. The molecule has 0 aromatic carbocycles. The van der Waals surface area contributed by atoms with E-state index < -0.39 is 0 Å². The predicted octanol–water partition coefficient (Wildman–Crippen LogP) is 2.55. The first-order chi connectivity index (χ1) is 8.11. The summed E-state index contributed by atoms with van der Waals surface area (Å²) in [5.74, 6) is -0.199. The fourth-order valence-corrected chi connectivity index (χ4v) is 3.03. The van der Waals surface area contributed by atoms with Gasteiger partial charge in [0.1, 0.15) is 12.6 Å². The molecule has 0 aromatic rings. The van der Waals surface area contributed by atoms with Crippen molar-refractivity contribution in [3.63, 3.8) is 0 Å². The molecule has 1 spiro atoms. The van der Waals surface area contributed by atoms with Crippen LogP contribution in [0.4, 0.5) is 0 Å². The van der Waals surface area contributed by atoms with Gasteiger partial charge in [-0.15, -0.1) is 0 Å². The summed E-state index contributed by atoms with van der Waals surface area (Å²) in [4.78, 5) is 0. The molecule has 0 N–H and O–H groups in total. The van der Waals surface area contributed by atoms with E-state index in [0.717, 1.165) is 30.5 Å². The van der Waals surface area contributed by atoms with Gasteiger partial charge >= 0.3 is 0 Å². The molecule has 2 aliphatic rings. The zero-order valence-electron chi connectivity index (χ0n) is 11.7. The van der Waals surface area contributed by atoms with E-state index in [2.05, 4.69) is 20.9 Å². The maximum atomic E-state index is 6.25. The second-order valence-corrected chi connectivity index (χ2v) is 5.96. The number of quaternary nitrogens is 1. The molecule has 17 heavy (non-hydrogen) atoms. The fraction of sp³-hybridized carbons (Fsp3) is 1.00. The highest BCUT2D eigenvalue weighted by Gasteiger charge is 2.44. The molecule has 0 bridgehead atoms. The Labute approximate surface area is 106 Å². The Morgan fingerprint density at radius 1 is 1.12 bits per heavy atom. The number of ether oxygens (including phenoxy) is 2. The van der Waals surface area contributed by atoms with Gasteiger partial charge in [0.05, 0.1) is 26.7 Å². The van der Waals surface area contributed by atoms with Crippen molar-refractivity contribution < 1.29 is 14.0 Å². The van der Waals surface area contributed by atoms with Crippen molar-refractivity contribution in [2.24, 2.45) is 0 Å². The molecule has 0 radical (unpaired) electrons. The molecule has 100 valence electrons. The van der Waals surface area contributed by atoms with Crippen molar-refractivity contribution >= 4 is 0 Å². The summed E-state index contributed by atoms with van der Waals surface area (Å²) in [7, 11) is 2.31. The van der Waals surface area contributed by atoms with Gasteiger partial charge < -0.3 is 14.0 Å². The molecule has 2 rings (SSSR count). The van der Waals surface area contributed by atoms with E-state index in [9.17, 15) is 0 Å². The van der Waals surface area contributed by atoms with Crippen LogP contribution in [-0.2, 0) is 9.47 Å². The summed E-state index contributed by atoms with van der Waals surface area (Å²) in [5.41, 5.74) is 0. The van der Waals surface area contributed by atoms with Crippen molar-refractivity contribution in [3.8, 4) is 0 Å². The molecular weight excluding hydrogens is 214 g/mol. The maximum absolute atomic E-state index is 6.25. The van der Waals surface area contributed by atoms with Crippen LogP contribution in [0.25, 0.3) is 0 Å². The number of nitrogens with zero attached hydrogens (tertiary/aromatic N) is 1. The molecular formula is C14H28NO2+. The van der Waals surface area contributed by atoms with Crippen LogP contribution in [0.5, 0.6) is 0 Å². The van der Waals surface area contributed by atoms with E-state index >= 15 is 0 Å². The van der Waals surface area contributed by atoms with Crippen LogP contribution in [0.3, 0.4) is 0 Å². The van der Waals surface area contributed by atoms with E-state index in [1.807, 2.05) is 0 Å². The van der Waals surface area contributed by atoms with Crippen LogP contribution in [0, 0.1) is 0 Å². The lowest BCUT2D eigenvalue weighted by Crippen LogP contribution is -2.49. The highest BCUT2D eigenvalue weighted by molar-refractivity contribution is 4.82. The first kappa shape index (κ1) is 13.3. The molecule has 1 heterocycles. The number of hydrogen-bond donors (Lipinski definition) is 0. The van der Waals surface area contributed by atoms with Crippen molar-refractivity contribution in [2.75, 3.05) is 33.3 Å². The van der Waals surface area contributed by atoms with Gasteiger partial charge in [0, 0.05) is 12.8 Å². The molecule has 2 fully saturated rings. The van der Waals surface area contributed by atoms with Crippen molar-refractivity contribution in [1.29, 1.82) is 0 Å². The van der Waals surface area contributed by atoms with Gasteiger partial charge in [0.15, 0.2) is 5.79 Å². The van der Waals surface area contributed by atoms with Crippen LogP contribution in [0.15, 0.2) is 0 Å². The molecule has 1 aliphatic heterocycles. The summed E-state index contributed by atoms with van der Waals surface area (Å²) in [6.07, 6.45) is 6.38. The van der Waals surface area contributed by atoms with E-state index in [0.29, 0.717) is 6.10 Å². The Morgan fingerprint density at radius 2 is 1.76 bits per heavy atom.